The van der Waals surface area contributed by atoms with Crippen LogP contribution in [0.1, 0.15) is 6.42 Å². The van der Waals surface area contributed by atoms with Crippen molar-refractivity contribution in [1.29, 1.82) is 0 Å². The second-order valence-electron chi connectivity index (χ2n) is 4.90. The van der Waals surface area contributed by atoms with Gasteiger partial charge in [0.2, 0.25) is 5.91 Å². The maximum atomic E-state index is 13.1. The monoisotopic (exact) mass is 282 g/mol. The predicted octanol–water partition coefficient (Wildman–Crippen LogP) is 0.781. The number of benzene rings is 1. The fourth-order valence-electron chi connectivity index (χ4n) is 2.30. The molecular weight excluding hydrogens is 263 g/mol. The molecule has 0 unspecified atom stereocenters. The number of hydrogen-bond donors (Lipinski definition) is 1. The minimum Gasteiger partial charge on any atom is -0.490 e. The van der Waals surface area contributed by atoms with E-state index in [0.717, 1.165) is 0 Å². The summed E-state index contributed by atoms with van der Waals surface area (Å²) in [6.07, 6.45) is 0.671. The summed E-state index contributed by atoms with van der Waals surface area (Å²) in [5.41, 5.74) is 4.80. The third kappa shape index (κ3) is 3.26. The van der Waals surface area contributed by atoms with E-state index in [1.54, 1.807) is 24.1 Å². The Balaban J connectivity index is 1.97. The summed E-state index contributed by atoms with van der Waals surface area (Å²) in [4.78, 5) is 13.3. The molecule has 1 aromatic carbocycles. The zero-order chi connectivity index (χ0) is 14.6. The first kappa shape index (κ1) is 14.7. The summed E-state index contributed by atoms with van der Waals surface area (Å²) < 4.78 is 24.2. The van der Waals surface area contributed by atoms with Crippen LogP contribution in [0.15, 0.2) is 24.3 Å². The number of halogens is 1. The minimum atomic E-state index is -0.558. The molecule has 110 valence electrons. The molecule has 1 fully saturated rings. The summed E-state index contributed by atoms with van der Waals surface area (Å²) >= 11 is 0. The van der Waals surface area contributed by atoms with Crippen molar-refractivity contribution in [3.63, 3.8) is 0 Å². The van der Waals surface area contributed by atoms with Crippen molar-refractivity contribution >= 4 is 5.91 Å². The van der Waals surface area contributed by atoms with Crippen LogP contribution in [-0.2, 0) is 9.53 Å². The van der Waals surface area contributed by atoms with Crippen LogP contribution in [0.2, 0.25) is 0 Å². The lowest BCUT2D eigenvalue weighted by molar-refractivity contribution is -0.130. The summed E-state index contributed by atoms with van der Waals surface area (Å²) in [6, 6.07) is 5.95. The highest BCUT2D eigenvalue weighted by Crippen LogP contribution is 2.26. The van der Waals surface area contributed by atoms with Crippen molar-refractivity contribution in [3.05, 3.63) is 30.1 Å². The van der Waals surface area contributed by atoms with Crippen molar-refractivity contribution in [3.8, 4) is 5.75 Å². The van der Waals surface area contributed by atoms with Crippen LogP contribution in [-0.4, -0.2) is 49.8 Å². The number of carbonyl (C=O) groups is 1. The van der Waals surface area contributed by atoms with E-state index < -0.39 is 5.60 Å². The first-order chi connectivity index (χ1) is 9.58. The Labute approximate surface area is 117 Å². The topological polar surface area (TPSA) is 64.8 Å². The molecule has 2 rings (SSSR count). The van der Waals surface area contributed by atoms with Crippen LogP contribution in [0.5, 0.6) is 5.75 Å². The Morgan fingerprint density at radius 1 is 1.55 bits per heavy atom. The summed E-state index contributed by atoms with van der Waals surface area (Å²) in [5, 5.41) is 0. The Hall–Kier alpha value is -1.66. The average Bonchev–Trinajstić information content (AvgIpc) is 2.90. The zero-order valence-electron chi connectivity index (χ0n) is 11.5. The van der Waals surface area contributed by atoms with Crippen LogP contribution in [0, 0.1) is 5.82 Å². The lowest BCUT2D eigenvalue weighted by atomic mass is 10.0. The molecule has 0 bridgehead atoms. The zero-order valence-corrected chi connectivity index (χ0v) is 11.5. The number of rotatable bonds is 5. The van der Waals surface area contributed by atoms with Gasteiger partial charge in [-0.25, -0.2) is 4.39 Å². The molecule has 1 amide bonds. The van der Waals surface area contributed by atoms with Gasteiger partial charge in [0, 0.05) is 19.7 Å². The molecule has 0 aliphatic carbocycles. The molecule has 0 aromatic heterocycles. The molecule has 2 N–H and O–H groups in total. The Kier molecular flexibility index (Phi) is 4.57. The van der Waals surface area contributed by atoms with Gasteiger partial charge in [-0.05, 0) is 18.6 Å². The third-order valence-electron chi connectivity index (χ3n) is 3.57. The molecular formula is C14H19FN2O3. The molecule has 0 saturated carbocycles. The van der Waals surface area contributed by atoms with Gasteiger partial charge in [0.1, 0.15) is 23.8 Å². The first-order valence-electron chi connectivity index (χ1n) is 6.50. The number of carbonyl (C=O) groups excluding carboxylic acids is 1. The van der Waals surface area contributed by atoms with Crippen molar-refractivity contribution in [2.75, 3.05) is 33.4 Å². The van der Waals surface area contributed by atoms with Gasteiger partial charge < -0.3 is 20.1 Å². The average molecular weight is 282 g/mol. The lowest BCUT2D eigenvalue weighted by Gasteiger charge is -2.27. The SMILES string of the molecule is CO[C@]1(COc2cccc(F)c2)CCN(C(=O)CN)C1. The molecule has 1 saturated heterocycles. The molecule has 20 heavy (non-hydrogen) atoms. The highest BCUT2D eigenvalue weighted by molar-refractivity contribution is 5.78. The molecule has 5 nitrogen and oxygen atoms in total. The molecule has 0 spiro atoms. The van der Waals surface area contributed by atoms with Gasteiger partial charge in [-0.15, -0.1) is 0 Å². The molecule has 1 aliphatic rings. The number of hydrogen-bond acceptors (Lipinski definition) is 4. The van der Waals surface area contributed by atoms with Gasteiger partial charge in [-0.2, -0.15) is 0 Å². The lowest BCUT2D eigenvalue weighted by Crippen LogP contribution is -2.43. The van der Waals surface area contributed by atoms with Gasteiger partial charge in [-0.3, -0.25) is 4.79 Å². The number of nitrogens with zero attached hydrogens (tertiary/aromatic N) is 1. The number of methoxy groups -OCH3 is 1. The number of likely N-dealkylation sites (tertiary alicyclic amines) is 1. The predicted molar refractivity (Wildman–Crippen MR) is 71.9 cm³/mol. The third-order valence-corrected chi connectivity index (χ3v) is 3.57. The first-order valence-corrected chi connectivity index (χ1v) is 6.50. The van der Waals surface area contributed by atoms with Crippen molar-refractivity contribution in [1.82, 2.24) is 4.90 Å². The van der Waals surface area contributed by atoms with Crippen LogP contribution in [0.3, 0.4) is 0 Å². The van der Waals surface area contributed by atoms with Crippen LogP contribution < -0.4 is 10.5 Å². The van der Waals surface area contributed by atoms with Crippen molar-refractivity contribution in [2.24, 2.45) is 5.73 Å². The fourth-order valence-corrected chi connectivity index (χ4v) is 2.30. The molecule has 1 atom stereocenters. The molecule has 1 aliphatic heterocycles. The summed E-state index contributed by atoms with van der Waals surface area (Å²) in [7, 11) is 1.59. The maximum absolute atomic E-state index is 13.1. The second kappa shape index (κ2) is 6.19. The highest BCUT2D eigenvalue weighted by Gasteiger charge is 2.40. The number of amides is 1. The second-order valence-corrected chi connectivity index (χ2v) is 4.90. The van der Waals surface area contributed by atoms with Gasteiger partial charge in [0.25, 0.3) is 0 Å². The Morgan fingerprint density at radius 3 is 3.00 bits per heavy atom. The molecule has 1 heterocycles. The van der Waals surface area contributed by atoms with Gasteiger partial charge >= 0.3 is 0 Å². The van der Waals surface area contributed by atoms with Crippen LogP contribution in [0.25, 0.3) is 0 Å². The smallest absolute Gasteiger partial charge is 0.236 e. The minimum absolute atomic E-state index is 0.00938. The van der Waals surface area contributed by atoms with E-state index in [0.29, 0.717) is 25.3 Å². The standard InChI is InChI=1S/C14H19FN2O3/c1-19-14(5-6-17(9-14)13(18)8-16)10-20-12-4-2-3-11(15)7-12/h2-4,7H,5-6,8-10,16H2,1H3/t14-/m1/s1. The maximum Gasteiger partial charge on any atom is 0.236 e. The normalized spacial score (nSPS) is 22.1. The number of nitrogens with two attached hydrogens (primary N) is 1. The Morgan fingerprint density at radius 2 is 2.35 bits per heavy atom. The van der Waals surface area contributed by atoms with E-state index in [2.05, 4.69) is 0 Å². The van der Waals surface area contributed by atoms with E-state index >= 15 is 0 Å². The Bertz CT molecular complexity index is 483. The van der Waals surface area contributed by atoms with Crippen molar-refractivity contribution in [2.45, 2.75) is 12.0 Å². The van der Waals surface area contributed by atoms with Crippen LogP contribution in [0.4, 0.5) is 4.39 Å². The van der Waals surface area contributed by atoms with E-state index in [9.17, 15) is 9.18 Å². The molecule has 0 radical (unpaired) electrons. The fraction of sp³-hybridized carbons (Fsp3) is 0.500. The van der Waals surface area contributed by atoms with E-state index in [-0.39, 0.29) is 24.9 Å². The van der Waals surface area contributed by atoms with E-state index in [1.807, 2.05) is 0 Å². The highest BCUT2D eigenvalue weighted by atomic mass is 19.1. The summed E-state index contributed by atoms with van der Waals surface area (Å²) in [6.45, 7) is 1.29. The van der Waals surface area contributed by atoms with E-state index in [4.69, 9.17) is 15.2 Å². The van der Waals surface area contributed by atoms with Crippen LogP contribution >= 0.6 is 0 Å². The molecule has 6 heteroatoms. The van der Waals surface area contributed by atoms with Crippen molar-refractivity contribution < 1.29 is 18.7 Å². The quantitative estimate of drug-likeness (QED) is 0.867. The van der Waals surface area contributed by atoms with E-state index in [1.165, 1.54) is 12.1 Å². The largest absolute Gasteiger partial charge is 0.490 e. The van der Waals surface area contributed by atoms with Gasteiger partial charge in [0.15, 0.2) is 0 Å². The summed E-state index contributed by atoms with van der Waals surface area (Å²) in [5.74, 6) is 0.0000294. The molecule has 1 aromatic rings. The number of ether oxygens (including phenoxy) is 2. The van der Waals surface area contributed by atoms with Gasteiger partial charge in [0.05, 0.1) is 13.1 Å². The van der Waals surface area contributed by atoms with Gasteiger partial charge in [-0.1, -0.05) is 6.07 Å².